The topological polar surface area (TPSA) is 95.0 Å². The Morgan fingerprint density at radius 3 is 3.08 bits per heavy atom. The number of fused-ring (bicyclic) bond motifs is 2. The molecule has 1 aliphatic heterocycles. The summed E-state index contributed by atoms with van der Waals surface area (Å²) in [4.78, 5) is 20.9. The van der Waals surface area contributed by atoms with Crippen LogP contribution in [0.25, 0.3) is 10.2 Å². The number of aromatic nitrogens is 1. The van der Waals surface area contributed by atoms with E-state index < -0.39 is 0 Å². The maximum Gasteiger partial charge on any atom is 0.267 e. The molecule has 1 aliphatic rings. The van der Waals surface area contributed by atoms with Crippen molar-refractivity contribution in [3.8, 4) is 6.07 Å². The van der Waals surface area contributed by atoms with E-state index in [0.717, 1.165) is 35.4 Å². The summed E-state index contributed by atoms with van der Waals surface area (Å²) in [6, 6.07) is 10.9. The van der Waals surface area contributed by atoms with Crippen molar-refractivity contribution in [3.05, 3.63) is 52.0 Å². The van der Waals surface area contributed by atoms with Crippen molar-refractivity contribution >= 4 is 38.8 Å². The zero-order chi connectivity index (χ0) is 18.3. The van der Waals surface area contributed by atoms with E-state index in [2.05, 4.69) is 29.4 Å². The lowest BCUT2D eigenvalue weighted by atomic mass is 10.0. The van der Waals surface area contributed by atoms with E-state index >= 15 is 0 Å². The van der Waals surface area contributed by atoms with Gasteiger partial charge in [0.1, 0.15) is 9.71 Å². The first kappa shape index (κ1) is 16.5. The lowest BCUT2D eigenvalue weighted by Crippen LogP contribution is -2.27. The molecule has 7 heteroatoms. The molecule has 3 heterocycles. The van der Waals surface area contributed by atoms with Gasteiger partial charge in [-0.25, -0.2) is 4.98 Å². The standard InChI is InChI=1S/C19H17N5OS/c1-24-6-5-15-12(10-24)8-14-16(21)17(26-19(14)23-15)18(25)22-13-4-2-3-11(7-13)9-20/h2-4,7-8H,5-6,10,21H2,1H3,(H,22,25). The molecule has 0 spiro atoms. The molecular weight excluding hydrogens is 346 g/mol. The molecule has 0 atom stereocenters. The van der Waals surface area contributed by atoms with Crippen LogP contribution in [-0.4, -0.2) is 29.4 Å². The van der Waals surface area contributed by atoms with Crippen LogP contribution in [0.1, 0.15) is 26.5 Å². The second-order valence-corrected chi connectivity index (χ2v) is 7.43. The first-order chi connectivity index (χ1) is 12.5. The van der Waals surface area contributed by atoms with Gasteiger partial charge in [-0.2, -0.15) is 5.26 Å². The maximum absolute atomic E-state index is 12.7. The normalized spacial score (nSPS) is 14.0. The number of carbonyl (C=O) groups excluding carboxylic acids is 1. The predicted octanol–water partition coefficient (Wildman–Crippen LogP) is 2.99. The third kappa shape index (κ3) is 2.90. The van der Waals surface area contributed by atoms with E-state index in [4.69, 9.17) is 16.0 Å². The van der Waals surface area contributed by atoms with E-state index in [1.807, 2.05) is 0 Å². The van der Waals surface area contributed by atoms with Crippen LogP contribution < -0.4 is 11.1 Å². The Hall–Kier alpha value is -2.95. The van der Waals surface area contributed by atoms with Crippen molar-refractivity contribution in [2.24, 2.45) is 0 Å². The number of hydrogen-bond donors (Lipinski definition) is 2. The number of nitriles is 1. The first-order valence-electron chi connectivity index (χ1n) is 8.26. The highest BCUT2D eigenvalue weighted by atomic mass is 32.1. The maximum atomic E-state index is 12.7. The quantitative estimate of drug-likeness (QED) is 0.730. The summed E-state index contributed by atoms with van der Waals surface area (Å²) in [6.07, 6.45) is 0.905. The lowest BCUT2D eigenvalue weighted by molar-refractivity contribution is 0.103. The Bertz CT molecular complexity index is 1070. The summed E-state index contributed by atoms with van der Waals surface area (Å²) in [6.45, 7) is 1.82. The Balaban J connectivity index is 1.69. The van der Waals surface area contributed by atoms with Crippen molar-refractivity contribution in [2.45, 2.75) is 13.0 Å². The number of carbonyl (C=O) groups is 1. The summed E-state index contributed by atoms with van der Waals surface area (Å²) in [5, 5.41) is 12.6. The highest BCUT2D eigenvalue weighted by Crippen LogP contribution is 2.35. The van der Waals surface area contributed by atoms with Crippen molar-refractivity contribution in [2.75, 3.05) is 24.6 Å². The highest BCUT2D eigenvalue weighted by Gasteiger charge is 2.21. The van der Waals surface area contributed by atoms with Crippen LogP contribution in [0, 0.1) is 11.3 Å². The molecule has 0 saturated carbocycles. The summed E-state index contributed by atoms with van der Waals surface area (Å²) < 4.78 is 0. The molecule has 0 fully saturated rings. The molecule has 2 aromatic heterocycles. The molecule has 0 unspecified atom stereocenters. The lowest BCUT2D eigenvalue weighted by Gasteiger charge is -2.24. The molecule has 0 bridgehead atoms. The van der Waals surface area contributed by atoms with Crippen LogP contribution in [0.3, 0.4) is 0 Å². The van der Waals surface area contributed by atoms with Crippen molar-refractivity contribution in [1.29, 1.82) is 5.26 Å². The Kier molecular flexibility index (Phi) is 4.07. The largest absolute Gasteiger partial charge is 0.397 e. The highest BCUT2D eigenvalue weighted by molar-refractivity contribution is 7.21. The summed E-state index contributed by atoms with van der Waals surface area (Å²) >= 11 is 1.31. The van der Waals surface area contributed by atoms with Gasteiger partial charge >= 0.3 is 0 Å². The van der Waals surface area contributed by atoms with Gasteiger partial charge in [0.25, 0.3) is 5.91 Å². The van der Waals surface area contributed by atoms with Crippen LogP contribution in [0.4, 0.5) is 11.4 Å². The number of benzene rings is 1. The summed E-state index contributed by atoms with van der Waals surface area (Å²) in [7, 11) is 2.08. The molecule has 26 heavy (non-hydrogen) atoms. The predicted molar refractivity (Wildman–Crippen MR) is 103 cm³/mol. The molecule has 6 nitrogen and oxygen atoms in total. The summed E-state index contributed by atoms with van der Waals surface area (Å²) in [5.74, 6) is -0.282. The second-order valence-electron chi connectivity index (χ2n) is 6.43. The average molecular weight is 363 g/mol. The summed E-state index contributed by atoms with van der Waals surface area (Å²) in [5.41, 5.74) is 10.0. The van der Waals surface area contributed by atoms with Crippen molar-refractivity contribution in [1.82, 2.24) is 9.88 Å². The fraction of sp³-hybridized carbons (Fsp3) is 0.211. The number of anilines is 2. The number of nitrogens with one attached hydrogen (secondary N) is 1. The fourth-order valence-electron chi connectivity index (χ4n) is 3.16. The fourth-order valence-corrected chi connectivity index (χ4v) is 4.15. The van der Waals surface area contributed by atoms with Crippen LogP contribution in [0.2, 0.25) is 0 Å². The van der Waals surface area contributed by atoms with Crippen LogP contribution >= 0.6 is 11.3 Å². The molecular formula is C19H17N5OS. The third-order valence-corrected chi connectivity index (χ3v) is 5.63. The zero-order valence-corrected chi connectivity index (χ0v) is 15.1. The minimum atomic E-state index is -0.282. The van der Waals surface area contributed by atoms with Gasteiger partial charge in [0.05, 0.1) is 17.3 Å². The van der Waals surface area contributed by atoms with Crippen LogP contribution in [0.5, 0.6) is 0 Å². The van der Waals surface area contributed by atoms with Crippen molar-refractivity contribution in [3.63, 3.8) is 0 Å². The number of nitrogen functional groups attached to an aromatic ring is 1. The SMILES string of the molecule is CN1CCc2nc3sc(C(=O)Nc4cccc(C#N)c4)c(N)c3cc2C1. The molecule has 0 aliphatic carbocycles. The van der Waals surface area contributed by atoms with Gasteiger partial charge in [0.2, 0.25) is 0 Å². The van der Waals surface area contributed by atoms with E-state index in [9.17, 15) is 4.79 Å². The van der Waals surface area contributed by atoms with Crippen molar-refractivity contribution < 1.29 is 4.79 Å². The Morgan fingerprint density at radius 1 is 1.42 bits per heavy atom. The first-order valence-corrected chi connectivity index (χ1v) is 9.07. The van der Waals surface area contributed by atoms with Gasteiger partial charge < -0.3 is 16.0 Å². The Morgan fingerprint density at radius 2 is 2.27 bits per heavy atom. The molecule has 130 valence electrons. The molecule has 3 aromatic rings. The van der Waals surface area contributed by atoms with E-state index in [1.54, 1.807) is 24.3 Å². The Labute approximate surface area is 154 Å². The minimum absolute atomic E-state index is 0.282. The van der Waals surface area contributed by atoms with E-state index in [0.29, 0.717) is 21.8 Å². The number of likely N-dealkylation sites (N-methyl/N-ethyl adjacent to an activating group) is 1. The monoisotopic (exact) mass is 363 g/mol. The molecule has 1 aromatic carbocycles. The van der Waals surface area contributed by atoms with Gasteiger partial charge in [0.15, 0.2) is 0 Å². The van der Waals surface area contributed by atoms with Crippen LogP contribution in [-0.2, 0) is 13.0 Å². The number of hydrogen-bond acceptors (Lipinski definition) is 6. The van der Waals surface area contributed by atoms with Crippen LogP contribution in [0.15, 0.2) is 30.3 Å². The molecule has 1 amide bonds. The molecule has 0 radical (unpaired) electrons. The molecule has 4 rings (SSSR count). The number of rotatable bonds is 2. The third-order valence-electron chi connectivity index (χ3n) is 4.52. The second kappa shape index (κ2) is 6.41. The average Bonchev–Trinajstić information content (AvgIpc) is 2.96. The number of pyridine rings is 1. The van der Waals surface area contributed by atoms with E-state index in [1.165, 1.54) is 16.9 Å². The minimum Gasteiger partial charge on any atom is -0.397 e. The number of amides is 1. The van der Waals surface area contributed by atoms with Gasteiger partial charge in [-0.15, -0.1) is 11.3 Å². The smallest absolute Gasteiger partial charge is 0.267 e. The van der Waals surface area contributed by atoms with Gasteiger partial charge in [0, 0.05) is 36.3 Å². The molecule has 3 N–H and O–H groups in total. The van der Waals surface area contributed by atoms with Gasteiger partial charge in [-0.3, -0.25) is 4.79 Å². The molecule has 0 saturated heterocycles. The van der Waals surface area contributed by atoms with Gasteiger partial charge in [-0.05, 0) is 36.9 Å². The number of nitrogens with two attached hydrogens (primary N) is 1. The number of nitrogens with zero attached hydrogens (tertiary/aromatic N) is 3. The number of thiophene rings is 1. The van der Waals surface area contributed by atoms with E-state index in [-0.39, 0.29) is 5.91 Å². The van der Waals surface area contributed by atoms with Gasteiger partial charge in [-0.1, -0.05) is 6.07 Å². The zero-order valence-electron chi connectivity index (χ0n) is 14.2.